The summed E-state index contributed by atoms with van der Waals surface area (Å²) in [6.07, 6.45) is 0. The SMILES string of the molecule is Cc1ccc2c(c1)C(C)C(C)(C)C2(C)C. The molecule has 1 atom stereocenters. The zero-order valence-corrected chi connectivity index (χ0v) is 10.8. The minimum atomic E-state index is 0.287. The van der Waals surface area contributed by atoms with Crippen molar-refractivity contribution in [3.05, 3.63) is 34.9 Å². The van der Waals surface area contributed by atoms with Gasteiger partial charge < -0.3 is 0 Å². The summed E-state index contributed by atoms with van der Waals surface area (Å²) in [7, 11) is 0. The van der Waals surface area contributed by atoms with Gasteiger partial charge in [-0.25, -0.2) is 0 Å². The number of hydrogen-bond acceptors (Lipinski definition) is 0. The number of fused-ring (bicyclic) bond motifs is 1. The number of aryl methyl sites for hydroxylation is 1. The maximum Gasteiger partial charge on any atom is -0.00439 e. The van der Waals surface area contributed by atoms with Crippen LogP contribution in [0.25, 0.3) is 0 Å². The van der Waals surface area contributed by atoms with Gasteiger partial charge in [-0.2, -0.15) is 0 Å². The molecule has 1 unspecified atom stereocenters. The van der Waals surface area contributed by atoms with Crippen molar-refractivity contribution in [2.45, 2.75) is 52.9 Å². The van der Waals surface area contributed by atoms with Gasteiger partial charge in [0.2, 0.25) is 0 Å². The first-order valence-corrected chi connectivity index (χ1v) is 5.89. The highest BCUT2D eigenvalue weighted by atomic mass is 14.5. The largest absolute Gasteiger partial charge is 0.0590 e. The third-order valence-electron chi connectivity index (χ3n) is 5.04. The van der Waals surface area contributed by atoms with Crippen molar-refractivity contribution in [1.29, 1.82) is 0 Å². The Labute approximate surface area is 93.7 Å². The van der Waals surface area contributed by atoms with Gasteiger partial charge in [0.05, 0.1) is 0 Å². The molecule has 0 bridgehead atoms. The van der Waals surface area contributed by atoms with Crippen LogP contribution in [0.5, 0.6) is 0 Å². The molecule has 0 saturated heterocycles. The Morgan fingerprint density at radius 3 is 2.27 bits per heavy atom. The molecule has 1 aliphatic carbocycles. The molecule has 82 valence electrons. The van der Waals surface area contributed by atoms with E-state index in [1.54, 1.807) is 11.1 Å². The highest BCUT2D eigenvalue weighted by Crippen LogP contribution is 2.58. The molecular formula is C15H22. The molecule has 1 aromatic rings. The van der Waals surface area contributed by atoms with Crippen LogP contribution in [0.15, 0.2) is 18.2 Å². The predicted molar refractivity (Wildman–Crippen MR) is 66.4 cm³/mol. The molecule has 0 spiro atoms. The van der Waals surface area contributed by atoms with Gasteiger partial charge >= 0.3 is 0 Å². The highest BCUT2D eigenvalue weighted by Gasteiger charge is 2.49. The van der Waals surface area contributed by atoms with Crippen LogP contribution in [0.3, 0.4) is 0 Å². The van der Waals surface area contributed by atoms with Gasteiger partial charge in [-0.3, -0.25) is 0 Å². The van der Waals surface area contributed by atoms with Crippen LogP contribution in [0, 0.1) is 12.3 Å². The monoisotopic (exact) mass is 202 g/mol. The molecule has 1 aliphatic rings. The van der Waals surface area contributed by atoms with Crippen molar-refractivity contribution in [3.8, 4) is 0 Å². The van der Waals surface area contributed by atoms with E-state index in [1.165, 1.54) is 5.56 Å². The van der Waals surface area contributed by atoms with Gasteiger partial charge in [0.25, 0.3) is 0 Å². The molecule has 0 radical (unpaired) electrons. The molecule has 0 N–H and O–H groups in total. The van der Waals surface area contributed by atoms with E-state index in [1.807, 2.05) is 0 Å². The molecule has 0 amide bonds. The Morgan fingerprint density at radius 1 is 1.07 bits per heavy atom. The lowest BCUT2D eigenvalue weighted by atomic mass is 9.65. The smallest absolute Gasteiger partial charge is 0.00439 e. The van der Waals surface area contributed by atoms with E-state index in [-0.39, 0.29) is 5.41 Å². The third kappa shape index (κ3) is 1.20. The van der Waals surface area contributed by atoms with E-state index < -0.39 is 0 Å². The maximum atomic E-state index is 2.40. The Balaban J connectivity index is 2.68. The van der Waals surface area contributed by atoms with E-state index in [9.17, 15) is 0 Å². The molecule has 0 aromatic heterocycles. The molecule has 0 aliphatic heterocycles. The molecule has 0 heteroatoms. The fourth-order valence-electron chi connectivity index (χ4n) is 2.89. The van der Waals surface area contributed by atoms with Crippen molar-refractivity contribution in [2.24, 2.45) is 5.41 Å². The summed E-state index contributed by atoms with van der Waals surface area (Å²) in [5, 5.41) is 0. The minimum Gasteiger partial charge on any atom is -0.0590 e. The van der Waals surface area contributed by atoms with Gasteiger partial charge in [-0.1, -0.05) is 58.4 Å². The zero-order chi connectivity index (χ0) is 11.4. The molecule has 0 nitrogen and oxygen atoms in total. The molecular weight excluding hydrogens is 180 g/mol. The van der Waals surface area contributed by atoms with Crippen LogP contribution < -0.4 is 0 Å². The molecule has 0 heterocycles. The first-order chi connectivity index (χ1) is 6.78. The van der Waals surface area contributed by atoms with Crippen molar-refractivity contribution < 1.29 is 0 Å². The molecule has 0 saturated carbocycles. The number of rotatable bonds is 0. The quantitative estimate of drug-likeness (QED) is 0.584. The van der Waals surface area contributed by atoms with Crippen LogP contribution in [-0.2, 0) is 5.41 Å². The summed E-state index contributed by atoms with van der Waals surface area (Å²) >= 11 is 0. The van der Waals surface area contributed by atoms with Crippen LogP contribution in [0.1, 0.15) is 57.2 Å². The Morgan fingerprint density at radius 2 is 1.67 bits per heavy atom. The minimum absolute atomic E-state index is 0.287. The Hall–Kier alpha value is -0.780. The van der Waals surface area contributed by atoms with E-state index in [2.05, 4.69) is 59.7 Å². The second-order valence-corrected chi connectivity index (χ2v) is 6.16. The average Bonchev–Trinajstić information content (AvgIpc) is 2.26. The summed E-state index contributed by atoms with van der Waals surface area (Å²) in [6, 6.07) is 6.95. The second kappa shape index (κ2) is 2.87. The van der Waals surface area contributed by atoms with Gasteiger partial charge in [0.15, 0.2) is 0 Å². The number of hydrogen-bond donors (Lipinski definition) is 0. The summed E-state index contributed by atoms with van der Waals surface area (Å²) in [5.41, 5.74) is 5.13. The molecule has 0 fully saturated rings. The van der Waals surface area contributed by atoms with E-state index in [4.69, 9.17) is 0 Å². The first-order valence-electron chi connectivity index (χ1n) is 5.89. The molecule has 15 heavy (non-hydrogen) atoms. The summed E-state index contributed by atoms with van der Waals surface area (Å²) in [6.45, 7) is 14.1. The Kier molecular flexibility index (Phi) is 2.05. The van der Waals surface area contributed by atoms with Gasteiger partial charge in [-0.05, 0) is 34.8 Å². The Bertz CT molecular complexity index is 396. The normalized spacial score (nSPS) is 26.4. The fraction of sp³-hybridized carbons (Fsp3) is 0.600. The standard InChI is InChI=1S/C15H22/c1-10-7-8-13-12(9-10)11(2)14(3,4)15(13,5)6/h7-9,11H,1-6H3. The lowest BCUT2D eigenvalue weighted by Gasteiger charge is -2.38. The fourth-order valence-corrected chi connectivity index (χ4v) is 2.89. The zero-order valence-electron chi connectivity index (χ0n) is 10.8. The summed E-state index contributed by atoms with van der Waals surface area (Å²) in [5.74, 6) is 0.655. The van der Waals surface area contributed by atoms with Crippen molar-refractivity contribution >= 4 is 0 Å². The lowest BCUT2D eigenvalue weighted by molar-refractivity contribution is 0.190. The first kappa shape index (κ1) is 10.7. The maximum absolute atomic E-state index is 2.40. The second-order valence-electron chi connectivity index (χ2n) is 6.16. The van der Waals surface area contributed by atoms with Crippen molar-refractivity contribution in [1.82, 2.24) is 0 Å². The van der Waals surface area contributed by atoms with Crippen LogP contribution in [0.4, 0.5) is 0 Å². The van der Waals surface area contributed by atoms with Gasteiger partial charge in [0.1, 0.15) is 0 Å². The molecule has 1 aromatic carbocycles. The summed E-state index contributed by atoms with van der Waals surface area (Å²) in [4.78, 5) is 0. The third-order valence-corrected chi connectivity index (χ3v) is 5.04. The topological polar surface area (TPSA) is 0 Å². The summed E-state index contributed by atoms with van der Waals surface area (Å²) < 4.78 is 0. The number of benzene rings is 1. The van der Waals surface area contributed by atoms with Gasteiger partial charge in [0, 0.05) is 0 Å². The van der Waals surface area contributed by atoms with Crippen molar-refractivity contribution in [2.75, 3.05) is 0 Å². The van der Waals surface area contributed by atoms with E-state index in [0.29, 0.717) is 11.3 Å². The van der Waals surface area contributed by atoms with Crippen LogP contribution in [0.2, 0.25) is 0 Å². The molecule has 2 rings (SSSR count). The van der Waals surface area contributed by atoms with Crippen molar-refractivity contribution in [3.63, 3.8) is 0 Å². The van der Waals surface area contributed by atoms with Crippen LogP contribution in [-0.4, -0.2) is 0 Å². The van der Waals surface area contributed by atoms with Crippen LogP contribution >= 0.6 is 0 Å². The lowest BCUT2D eigenvalue weighted by Crippen LogP contribution is -2.33. The average molecular weight is 202 g/mol. The van der Waals surface area contributed by atoms with E-state index >= 15 is 0 Å². The predicted octanol–water partition coefficient (Wildman–Crippen LogP) is 4.42. The van der Waals surface area contributed by atoms with Gasteiger partial charge in [-0.15, -0.1) is 0 Å². The highest BCUT2D eigenvalue weighted by molar-refractivity contribution is 5.46. The van der Waals surface area contributed by atoms with E-state index in [0.717, 1.165) is 0 Å².